The first kappa shape index (κ1) is 20.2. The van der Waals surface area contributed by atoms with Crippen LogP contribution in [-0.2, 0) is 19.5 Å². The number of nitrogens with zero attached hydrogens (tertiary/aromatic N) is 5. The zero-order chi connectivity index (χ0) is 22.0. The minimum Gasteiger partial charge on any atom is -0.365 e. The quantitative estimate of drug-likeness (QED) is 0.490. The molecule has 0 aliphatic carbocycles. The molecule has 0 atom stereocenters. The van der Waals surface area contributed by atoms with Crippen LogP contribution in [0, 0.1) is 0 Å². The number of benzene rings is 2. The summed E-state index contributed by atoms with van der Waals surface area (Å²) in [5.74, 6) is 1.73. The van der Waals surface area contributed by atoms with Crippen LogP contribution in [0.4, 0.5) is 11.8 Å². The van der Waals surface area contributed by atoms with Crippen LogP contribution >= 0.6 is 0 Å². The summed E-state index contributed by atoms with van der Waals surface area (Å²) in [6, 6.07) is 19.8. The van der Waals surface area contributed by atoms with Crippen LogP contribution in [0.2, 0.25) is 0 Å². The summed E-state index contributed by atoms with van der Waals surface area (Å²) in [7, 11) is 0. The second-order valence-electron chi connectivity index (χ2n) is 9.10. The fourth-order valence-corrected chi connectivity index (χ4v) is 5.02. The van der Waals surface area contributed by atoms with E-state index in [1.165, 1.54) is 16.7 Å². The third-order valence-electron chi connectivity index (χ3n) is 6.88. The van der Waals surface area contributed by atoms with E-state index in [1.807, 2.05) is 0 Å². The van der Waals surface area contributed by atoms with Crippen molar-refractivity contribution in [2.75, 3.05) is 29.9 Å². The summed E-state index contributed by atoms with van der Waals surface area (Å²) < 4.78 is 0. The lowest BCUT2D eigenvalue weighted by Crippen LogP contribution is -2.38. The molecule has 0 bridgehead atoms. The smallest absolute Gasteiger partial charge is 0.205 e. The second-order valence-corrected chi connectivity index (χ2v) is 9.10. The molecule has 2 aliphatic heterocycles. The van der Waals surface area contributed by atoms with Gasteiger partial charge in [-0.1, -0.05) is 54.6 Å². The number of aromatic amines is 1. The van der Waals surface area contributed by atoms with Crippen LogP contribution in [0.15, 0.2) is 60.9 Å². The van der Waals surface area contributed by atoms with Crippen molar-refractivity contribution < 1.29 is 0 Å². The third kappa shape index (κ3) is 4.28. The first-order valence-corrected chi connectivity index (χ1v) is 11.9. The maximum Gasteiger partial charge on any atom is 0.205 e. The van der Waals surface area contributed by atoms with E-state index in [1.54, 1.807) is 6.33 Å². The lowest BCUT2D eigenvalue weighted by atomic mass is 10.0. The van der Waals surface area contributed by atoms with Crippen molar-refractivity contribution in [3.05, 3.63) is 77.6 Å². The van der Waals surface area contributed by atoms with Gasteiger partial charge in [-0.05, 0) is 36.0 Å². The second kappa shape index (κ2) is 8.83. The average molecular weight is 440 g/mol. The van der Waals surface area contributed by atoms with Crippen molar-refractivity contribution in [3.63, 3.8) is 0 Å². The Balaban J connectivity index is 1.13. The number of H-pyrrole nitrogens is 1. The molecule has 2 N–H and O–H groups in total. The Kier molecular flexibility index (Phi) is 5.40. The third-order valence-corrected chi connectivity index (χ3v) is 6.88. The molecule has 2 aromatic carbocycles. The molecular weight excluding hydrogens is 410 g/mol. The van der Waals surface area contributed by atoms with Crippen molar-refractivity contribution in [2.45, 2.75) is 38.4 Å². The van der Waals surface area contributed by atoms with Gasteiger partial charge in [-0.2, -0.15) is 4.98 Å². The van der Waals surface area contributed by atoms with Gasteiger partial charge in [0.2, 0.25) is 5.95 Å². The Morgan fingerprint density at radius 2 is 1.70 bits per heavy atom. The number of likely N-dealkylation sites (tertiary alicyclic amines) is 1. The van der Waals surface area contributed by atoms with Gasteiger partial charge >= 0.3 is 0 Å². The maximum absolute atomic E-state index is 4.79. The van der Waals surface area contributed by atoms with Gasteiger partial charge in [0.15, 0.2) is 11.5 Å². The first-order chi connectivity index (χ1) is 16.3. The van der Waals surface area contributed by atoms with Gasteiger partial charge in [0, 0.05) is 38.8 Å². The van der Waals surface area contributed by atoms with Gasteiger partial charge in [0.1, 0.15) is 11.8 Å². The molecule has 168 valence electrons. The fraction of sp³-hybridized carbons (Fsp3) is 0.346. The number of hydrogen-bond donors (Lipinski definition) is 2. The highest BCUT2D eigenvalue weighted by Crippen LogP contribution is 2.27. The molecule has 2 aromatic heterocycles. The van der Waals surface area contributed by atoms with Crippen molar-refractivity contribution in [2.24, 2.45) is 0 Å². The van der Waals surface area contributed by atoms with E-state index in [0.29, 0.717) is 6.04 Å². The predicted molar refractivity (Wildman–Crippen MR) is 131 cm³/mol. The minimum absolute atomic E-state index is 0.406. The monoisotopic (exact) mass is 439 g/mol. The highest BCUT2D eigenvalue weighted by molar-refractivity contribution is 5.84. The Morgan fingerprint density at radius 1 is 0.909 bits per heavy atom. The SMILES string of the molecule is c1ccc(CN2CCC(Nc3ncnc4nc(N5CCc6ccccc6C5)[nH]c34)CC2)cc1. The maximum atomic E-state index is 4.79. The highest BCUT2D eigenvalue weighted by atomic mass is 15.3. The first-order valence-electron chi connectivity index (χ1n) is 11.9. The molecular formula is C26H29N7. The normalized spacial score (nSPS) is 17.3. The van der Waals surface area contributed by atoms with Crippen LogP contribution < -0.4 is 10.2 Å². The number of anilines is 2. The zero-order valence-corrected chi connectivity index (χ0v) is 18.7. The molecule has 7 nitrogen and oxygen atoms in total. The van der Waals surface area contributed by atoms with Crippen LogP contribution in [0.3, 0.4) is 0 Å². The molecule has 7 heteroatoms. The highest BCUT2D eigenvalue weighted by Gasteiger charge is 2.23. The van der Waals surface area contributed by atoms with E-state index in [0.717, 1.165) is 74.9 Å². The van der Waals surface area contributed by atoms with Crippen LogP contribution in [-0.4, -0.2) is 50.5 Å². The number of rotatable bonds is 5. The molecule has 0 radical (unpaired) electrons. The van der Waals surface area contributed by atoms with Gasteiger partial charge in [0.05, 0.1) is 0 Å². The molecule has 0 spiro atoms. The van der Waals surface area contributed by atoms with E-state index in [4.69, 9.17) is 4.98 Å². The number of aromatic nitrogens is 4. The molecule has 2 aliphatic rings. The van der Waals surface area contributed by atoms with Crippen molar-refractivity contribution in [1.82, 2.24) is 24.8 Å². The summed E-state index contributed by atoms with van der Waals surface area (Å²) in [6.45, 7) is 5.01. The number of piperidine rings is 1. The average Bonchev–Trinajstić information content (AvgIpc) is 3.31. The standard InChI is InChI=1S/C26H29N7/c1-2-6-19(7-3-1)16-32-13-11-22(12-14-32)29-24-23-25(28-18-27-24)31-26(30-23)33-15-10-20-8-4-5-9-21(20)17-33/h1-9,18,22H,10-17H2,(H2,27,28,29,30,31). The van der Waals surface area contributed by atoms with Crippen LogP contribution in [0.5, 0.6) is 0 Å². The van der Waals surface area contributed by atoms with Crippen LogP contribution in [0.1, 0.15) is 29.5 Å². The number of nitrogens with one attached hydrogen (secondary N) is 2. The van der Waals surface area contributed by atoms with Gasteiger partial charge in [0.25, 0.3) is 0 Å². The number of imidazole rings is 1. The lowest BCUT2D eigenvalue weighted by molar-refractivity contribution is 0.211. The summed E-state index contributed by atoms with van der Waals surface area (Å²) in [6.07, 6.45) is 4.85. The fourth-order valence-electron chi connectivity index (χ4n) is 5.02. The van der Waals surface area contributed by atoms with E-state index in [2.05, 4.69) is 84.7 Å². The molecule has 33 heavy (non-hydrogen) atoms. The molecule has 0 unspecified atom stereocenters. The molecule has 1 saturated heterocycles. The number of fused-ring (bicyclic) bond motifs is 2. The molecule has 4 aromatic rings. The topological polar surface area (TPSA) is 73.0 Å². The van der Waals surface area contributed by atoms with Crippen molar-refractivity contribution in [1.29, 1.82) is 0 Å². The summed E-state index contributed by atoms with van der Waals surface area (Å²) in [5.41, 5.74) is 5.81. The van der Waals surface area contributed by atoms with E-state index >= 15 is 0 Å². The molecule has 6 rings (SSSR count). The lowest BCUT2D eigenvalue weighted by Gasteiger charge is -2.32. The van der Waals surface area contributed by atoms with Gasteiger partial charge in [-0.3, -0.25) is 4.90 Å². The molecule has 1 fully saturated rings. The number of hydrogen-bond acceptors (Lipinski definition) is 6. The van der Waals surface area contributed by atoms with E-state index < -0.39 is 0 Å². The van der Waals surface area contributed by atoms with Gasteiger partial charge in [-0.15, -0.1) is 0 Å². The van der Waals surface area contributed by atoms with E-state index in [9.17, 15) is 0 Å². The van der Waals surface area contributed by atoms with Crippen molar-refractivity contribution >= 4 is 22.9 Å². The summed E-state index contributed by atoms with van der Waals surface area (Å²) in [5, 5.41) is 3.67. The minimum atomic E-state index is 0.406. The Morgan fingerprint density at radius 3 is 2.55 bits per heavy atom. The summed E-state index contributed by atoms with van der Waals surface area (Å²) >= 11 is 0. The summed E-state index contributed by atoms with van der Waals surface area (Å²) in [4.78, 5) is 22.1. The van der Waals surface area contributed by atoms with Gasteiger partial charge < -0.3 is 15.2 Å². The predicted octanol–water partition coefficient (Wildman–Crippen LogP) is 3.99. The largest absolute Gasteiger partial charge is 0.365 e. The Bertz CT molecular complexity index is 1230. The molecule has 4 heterocycles. The Labute approximate surface area is 193 Å². The van der Waals surface area contributed by atoms with E-state index in [-0.39, 0.29) is 0 Å². The van der Waals surface area contributed by atoms with Crippen LogP contribution in [0.25, 0.3) is 11.2 Å². The molecule has 0 saturated carbocycles. The Hall–Kier alpha value is -3.45. The van der Waals surface area contributed by atoms with Gasteiger partial charge in [-0.25, -0.2) is 9.97 Å². The zero-order valence-electron chi connectivity index (χ0n) is 18.7. The molecule has 0 amide bonds. The van der Waals surface area contributed by atoms with Crippen molar-refractivity contribution in [3.8, 4) is 0 Å².